The van der Waals surface area contributed by atoms with Crippen molar-refractivity contribution in [2.24, 2.45) is 5.92 Å². The van der Waals surface area contributed by atoms with Crippen molar-refractivity contribution in [3.05, 3.63) is 30.1 Å². The van der Waals surface area contributed by atoms with Gasteiger partial charge in [0.15, 0.2) is 22.4 Å². The highest BCUT2D eigenvalue weighted by atomic mass is 32.1. The summed E-state index contributed by atoms with van der Waals surface area (Å²) in [6.07, 6.45) is 2.38. The lowest BCUT2D eigenvalue weighted by Crippen LogP contribution is -2.70. The number of nitriles is 1. The standard InChI is InChI=1S/C14H12N4O4S/c1-22-12(21)14(6-10(19)8-2-4-16-5-3-8)9(7-15)11(20)17-13(23)18-14/h2-5,9H,6H2,1H3,(H2,17,18,20,23)/t9-,14-/m0/s1. The molecule has 0 aliphatic carbocycles. The van der Waals surface area contributed by atoms with Crippen molar-refractivity contribution in [3.63, 3.8) is 0 Å². The second-order valence-electron chi connectivity index (χ2n) is 4.80. The highest BCUT2D eigenvalue weighted by Crippen LogP contribution is 2.28. The van der Waals surface area contributed by atoms with Gasteiger partial charge in [0, 0.05) is 24.4 Å². The Bertz CT molecular complexity index is 715. The maximum Gasteiger partial charge on any atom is 0.334 e. The van der Waals surface area contributed by atoms with Gasteiger partial charge in [0.2, 0.25) is 5.91 Å². The summed E-state index contributed by atoms with van der Waals surface area (Å²) in [5, 5.41) is 14.0. The summed E-state index contributed by atoms with van der Waals surface area (Å²) in [4.78, 5) is 40.5. The fraction of sp³-hybridized carbons (Fsp3) is 0.286. The Kier molecular flexibility index (Phi) is 4.66. The highest BCUT2D eigenvalue weighted by molar-refractivity contribution is 7.80. The van der Waals surface area contributed by atoms with E-state index in [1.54, 1.807) is 6.07 Å². The lowest BCUT2D eigenvalue weighted by Gasteiger charge is -2.38. The number of thiocarbonyl (C=S) groups is 1. The van der Waals surface area contributed by atoms with E-state index in [0.717, 1.165) is 7.11 Å². The van der Waals surface area contributed by atoms with Crippen LogP contribution in [0.25, 0.3) is 0 Å². The number of carbonyl (C=O) groups excluding carboxylic acids is 3. The molecule has 0 unspecified atom stereocenters. The zero-order valence-corrected chi connectivity index (χ0v) is 12.8. The Hall–Kier alpha value is -2.86. The number of carbonyl (C=O) groups is 3. The number of nitrogens with one attached hydrogen (secondary N) is 2. The number of Topliss-reactive ketones (excluding diaryl/α,β-unsaturated/α-hetero) is 1. The molecule has 1 fully saturated rings. The first-order chi connectivity index (χ1) is 10.9. The summed E-state index contributed by atoms with van der Waals surface area (Å²) in [5.74, 6) is -3.59. The summed E-state index contributed by atoms with van der Waals surface area (Å²) in [6, 6.07) is 4.67. The van der Waals surface area contributed by atoms with Crippen LogP contribution in [0, 0.1) is 17.2 Å². The largest absolute Gasteiger partial charge is 0.467 e. The minimum absolute atomic E-state index is 0.144. The Morgan fingerprint density at radius 3 is 2.70 bits per heavy atom. The maximum absolute atomic E-state index is 12.5. The summed E-state index contributed by atoms with van der Waals surface area (Å²) in [6.45, 7) is 0. The fourth-order valence-corrected chi connectivity index (χ4v) is 2.63. The van der Waals surface area contributed by atoms with Gasteiger partial charge < -0.3 is 15.4 Å². The van der Waals surface area contributed by atoms with Crippen molar-refractivity contribution >= 4 is 35.0 Å². The van der Waals surface area contributed by atoms with E-state index in [1.165, 1.54) is 24.5 Å². The molecule has 118 valence electrons. The SMILES string of the molecule is COC(=O)[C@@]1(CC(=O)c2ccncc2)NC(=S)NC(=O)[C@@H]1C#N. The molecular weight excluding hydrogens is 320 g/mol. The highest BCUT2D eigenvalue weighted by Gasteiger charge is 2.55. The molecule has 8 nitrogen and oxygen atoms in total. The molecule has 1 aliphatic rings. The van der Waals surface area contributed by atoms with Gasteiger partial charge in [-0.15, -0.1) is 0 Å². The van der Waals surface area contributed by atoms with Crippen molar-refractivity contribution in [2.45, 2.75) is 12.0 Å². The predicted molar refractivity (Wildman–Crippen MR) is 80.9 cm³/mol. The van der Waals surface area contributed by atoms with E-state index in [1.807, 2.05) is 0 Å². The number of rotatable bonds is 4. The van der Waals surface area contributed by atoms with Gasteiger partial charge in [0.25, 0.3) is 0 Å². The molecular formula is C14H12N4O4S. The van der Waals surface area contributed by atoms with Gasteiger partial charge in [0.05, 0.1) is 13.2 Å². The van der Waals surface area contributed by atoms with E-state index in [-0.39, 0.29) is 5.11 Å². The van der Waals surface area contributed by atoms with Crippen LogP contribution in [-0.4, -0.2) is 40.4 Å². The van der Waals surface area contributed by atoms with Crippen molar-refractivity contribution in [1.82, 2.24) is 15.6 Å². The fourth-order valence-electron chi connectivity index (χ4n) is 2.35. The number of esters is 1. The number of hydrogen-bond acceptors (Lipinski definition) is 7. The number of hydrogen-bond donors (Lipinski definition) is 2. The average molecular weight is 332 g/mol. The lowest BCUT2D eigenvalue weighted by atomic mass is 9.77. The first kappa shape index (κ1) is 16.5. The Morgan fingerprint density at radius 1 is 1.48 bits per heavy atom. The topological polar surface area (TPSA) is 121 Å². The van der Waals surface area contributed by atoms with Gasteiger partial charge in [0.1, 0.15) is 0 Å². The van der Waals surface area contributed by atoms with Crippen LogP contribution in [0.3, 0.4) is 0 Å². The maximum atomic E-state index is 12.5. The number of aromatic nitrogens is 1. The number of ketones is 1. The third-order valence-electron chi connectivity index (χ3n) is 3.45. The molecule has 2 rings (SSSR count). The molecule has 0 bridgehead atoms. The minimum atomic E-state index is -1.87. The molecule has 1 saturated heterocycles. The van der Waals surface area contributed by atoms with E-state index in [9.17, 15) is 19.6 Å². The quantitative estimate of drug-likeness (QED) is 0.438. The molecule has 1 aliphatic heterocycles. The van der Waals surface area contributed by atoms with Crippen LogP contribution in [-0.2, 0) is 14.3 Å². The molecule has 0 saturated carbocycles. The molecule has 2 heterocycles. The zero-order chi connectivity index (χ0) is 17.0. The van der Waals surface area contributed by atoms with Crippen molar-refractivity contribution < 1.29 is 19.1 Å². The molecule has 1 aromatic rings. The monoisotopic (exact) mass is 332 g/mol. The normalized spacial score (nSPS) is 23.2. The lowest BCUT2D eigenvalue weighted by molar-refractivity contribution is -0.152. The van der Waals surface area contributed by atoms with Crippen molar-refractivity contribution in [3.8, 4) is 6.07 Å². The van der Waals surface area contributed by atoms with Crippen LogP contribution in [0.4, 0.5) is 0 Å². The Labute approximate surface area is 136 Å². The van der Waals surface area contributed by atoms with Gasteiger partial charge >= 0.3 is 5.97 Å². The molecule has 1 amide bonds. The second-order valence-corrected chi connectivity index (χ2v) is 5.21. The van der Waals surface area contributed by atoms with E-state index in [4.69, 9.17) is 17.0 Å². The van der Waals surface area contributed by atoms with Gasteiger partial charge in [-0.25, -0.2) is 4.79 Å². The number of nitrogens with zero attached hydrogens (tertiary/aromatic N) is 2. The minimum Gasteiger partial charge on any atom is -0.467 e. The van der Waals surface area contributed by atoms with Crippen LogP contribution in [0.5, 0.6) is 0 Å². The Balaban J connectivity index is 2.45. The molecule has 2 N–H and O–H groups in total. The number of pyridine rings is 1. The van der Waals surface area contributed by atoms with Crippen LogP contribution < -0.4 is 10.6 Å². The average Bonchev–Trinajstić information content (AvgIpc) is 2.54. The molecule has 0 spiro atoms. The van der Waals surface area contributed by atoms with E-state index < -0.39 is 35.5 Å². The van der Waals surface area contributed by atoms with E-state index >= 15 is 0 Å². The van der Waals surface area contributed by atoms with Crippen molar-refractivity contribution in [2.75, 3.05) is 7.11 Å². The summed E-state index contributed by atoms with van der Waals surface area (Å²) in [5.41, 5.74) is -1.58. The van der Waals surface area contributed by atoms with E-state index in [2.05, 4.69) is 15.6 Å². The first-order valence-corrected chi connectivity index (χ1v) is 6.89. The van der Waals surface area contributed by atoms with Crippen LogP contribution >= 0.6 is 12.2 Å². The van der Waals surface area contributed by atoms with Crippen LogP contribution in [0.2, 0.25) is 0 Å². The molecule has 0 radical (unpaired) electrons. The Morgan fingerprint density at radius 2 is 2.13 bits per heavy atom. The van der Waals surface area contributed by atoms with E-state index in [0.29, 0.717) is 5.56 Å². The van der Waals surface area contributed by atoms with Crippen LogP contribution in [0.15, 0.2) is 24.5 Å². The third-order valence-corrected chi connectivity index (χ3v) is 3.65. The molecule has 1 aromatic heterocycles. The smallest absolute Gasteiger partial charge is 0.334 e. The molecule has 23 heavy (non-hydrogen) atoms. The summed E-state index contributed by atoms with van der Waals surface area (Å²) in [7, 11) is 1.10. The van der Waals surface area contributed by atoms with Gasteiger partial charge in [-0.1, -0.05) is 0 Å². The van der Waals surface area contributed by atoms with Gasteiger partial charge in [-0.05, 0) is 24.4 Å². The number of ether oxygens (including phenoxy) is 1. The molecule has 2 atom stereocenters. The zero-order valence-electron chi connectivity index (χ0n) is 12.0. The molecule has 9 heteroatoms. The van der Waals surface area contributed by atoms with Crippen LogP contribution in [0.1, 0.15) is 16.8 Å². The number of amides is 1. The first-order valence-electron chi connectivity index (χ1n) is 6.49. The summed E-state index contributed by atoms with van der Waals surface area (Å²) < 4.78 is 4.70. The number of methoxy groups -OCH3 is 1. The third kappa shape index (κ3) is 3.02. The predicted octanol–water partition coefficient (Wildman–Crippen LogP) is -0.290. The second kappa shape index (κ2) is 6.50. The van der Waals surface area contributed by atoms with Crippen molar-refractivity contribution in [1.29, 1.82) is 5.26 Å². The molecule has 0 aromatic carbocycles. The summed E-state index contributed by atoms with van der Waals surface area (Å²) >= 11 is 4.89. The van der Waals surface area contributed by atoms with Gasteiger partial charge in [-0.2, -0.15) is 5.26 Å². The van der Waals surface area contributed by atoms with Gasteiger partial charge in [-0.3, -0.25) is 14.6 Å².